The van der Waals surface area contributed by atoms with Crippen molar-refractivity contribution in [2.45, 2.75) is 46.8 Å². The highest BCUT2D eigenvalue weighted by atomic mass is 32.2. The van der Waals surface area contributed by atoms with Crippen molar-refractivity contribution < 1.29 is 13.2 Å². The monoisotopic (exact) mass is 302 g/mol. The van der Waals surface area contributed by atoms with Gasteiger partial charge in [0.1, 0.15) is 0 Å². The molecule has 0 spiro atoms. The molecule has 0 saturated carbocycles. The molecule has 1 aromatic rings. The summed E-state index contributed by atoms with van der Waals surface area (Å²) in [5, 5.41) is 7.09. The van der Waals surface area contributed by atoms with E-state index in [2.05, 4.69) is 15.1 Å². The molecule has 1 heterocycles. The van der Waals surface area contributed by atoms with Crippen LogP contribution < -0.4 is 10.0 Å². The maximum atomic E-state index is 11.8. The molecule has 2 N–H and O–H groups in total. The number of rotatable bonds is 6. The maximum Gasteiger partial charge on any atom is 0.238 e. The maximum absolute atomic E-state index is 11.8. The van der Waals surface area contributed by atoms with Crippen LogP contribution in [0, 0.1) is 13.8 Å². The second-order valence-corrected chi connectivity index (χ2v) is 6.57. The normalized spacial score (nSPS) is 13.2. The third-order valence-electron chi connectivity index (χ3n) is 3.05. The fourth-order valence-electron chi connectivity index (χ4n) is 2.00. The Hall–Kier alpha value is -1.41. The molecular formula is C12H22N4O3S. The summed E-state index contributed by atoms with van der Waals surface area (Å²) in [5.41, 5.74) is 2.84. The lowest BCUT2D eigenvalue weighted by atomic mass is 10.2. The SMILES string of the molecule is CCn1nc(C)c(CNC(=O)C(C)NS(C)(=O)=O)c1C. The minimum Gasteiger partial charge on any atom is -0.351 e. The number of carbonyl (C=O) groups excluding carboxylic acids is 1. The lowest BCUT2D eigenvalue weighted by Crippen LogP contribution is -2.44. The van der Waals surface area contributed by atoms with Gasteiger partial charge in [0.15, 0.2) is 0 Å². The average molecular weight is 302 g/mol. The van der Waals surface area contributed by atoms with E-state index in [9.17, 15) is 13.2 Å². The van der Waals surface area contributed by atoms with Gasteiger partial charge in [-0.15, -0.1) is 0 Å². The largest absolute Gasteiger partial charge is 0.351 e. The van der Waals surface area contributed by atoms with Crippen LogP contribution in [0.1, 0.15) is 30.8 Å². The molecule has 1 amide bonds. The third kappa shape index (κ3) is 4.31. The molecule has 8 heteroatoms. The number of aromatic nitrogens is 2. The second-order valence-electron chi connectivity index (χ2n) is 4.79. The van der Waals surface area contributed by atoms with E-state index in [-0.39, 0.29) is 5.91 Å². The average Bonchev–Trinajstić information content (AvgIpc) is 2.59. The Morgan fingerprint density at radius 1 is 1.40 bits per heavy atom. The Morgan fingerprint density at radius 3 is 2.45 bits per heavy atom. The van der Waals surface area contributed by atoms with Crippen LogP contribution in [-0.2, 0) is 27.9 Å². The van der Waals surface area contributed by atoms with Crippen molar-refractivity contribution in [2.24, 2.45) is 0 Å². The molecule has 0 bridgehead atoms. The van der Waals surface area contributed by atoms with Gasteiger partial charge in [-0.2, -0.15) is 5.10 Å². The Morgan fingerprint density at radius 2 is 2.00 bits per heavy atom. The molecule has 1 atom stereocenters. The van der Waals surface area contributed by atoms with Gasteiger partial charge in [0.2, 0.25) is 15.9 Å². The van der Waals surface area contributed by atoms with Gasteiger partial charge < -0.3 is 5.32 Å². The number of sulfonamides is 1. The number of hydrogen-bond acceptors (Lipinski definition) is 4. The standard InChI is InChI=1S/C12H22N4O3S/c1-6-16-10(4)11(8(2)14-16)7-13-12(17)9(3)15-20(5,18)19/h9,15H,6-7H2,1-5H3,(H,13,17). The number of nitrogens with zero attached hydrogens (tertiary/aromatic N) is 2. The summed E-state index contributed by atoms with van der Waals surface area (Å²) in [6.07, 6.45) is 1.02. The Labute approximate surface area is 119 Å². The fourth-order valence-corrected chi connectivity index (χ4v) is 2.75. The molecular weight excluding hydrogens is 280 g/mol. The van der Waals surface area contributed by atoms with Gasteiger partial charge in [0.25, 0.3) is 0 Å². The molecule has 114 valence electrons. The van der Waals surface area contributed by atoms with E-state index in [4.69, 9.17) is 0 Å². The number of aryl methyl sites for hydroxylation is 2. The van der Waals surface area contributed by atoms with E-state index >= 15 is 0 Å². The molecule has 7 nitrogen and oxygen atoms in total. The highest BCUT2D eigenvalue weighted by molar-refractivity contribution is 7.88. The molecule has 1 rings (SSSR count). The van der Waals surface area contributed by atoms with Crippen molar-refractivity contribution in [2.75, 3.05) is 6.26 Å². The first-order valence-electron chi connectivity index (χ1n) is 6.43. The predicted molar refractivity (Wildman–Crippen MR) is 76.7 cm³/mol. The number of amides is 1. The van der Waals surface area contributed by atoms with Crippen LogP contribution in [0.25, 0.3) is 0 Å². The molecule has 20 heavy (non-hydrogen) atoms. The van der Waals surface area contributed by atoms with Crippen molar-refractivity contribution in [3.05, 3.63) is 17.0 Å². The highest BCUT2D eigenvalue weighted by Gasteiger charge is 2.18. The van der Waals surface area contributed by atoms with Crippen LogP contribution in [-0.4, -0.2) is 36.4 Å². The van der Waals surface area contributed by atoms with Crippen molar-refractivity contribution in [1.29, 1.82) is 0 Å². The lowest BCUT2D eigenvalue weighted by molar-refractivity contribution is -0.122. The number of carbonyl (C=O) groups is 1. The van der Waals surface area contributed by atoms with Crippen molar-refractivity contribution in [3.8, 4) is 0 Å². The second kappa shape index (κ2) is 6.36. The minimum absolute atomic E-state index is 0.340. The first-order valence-corrected chi connectivity index (χ1v) is 8.32. The van der Waals surface area contributed by atoms with Crippen molar-refractivity contribution >= 4 is 15.9 Å². The molecule has 0 aliphatic heterocycles. The molecule has 1 unspecified atom stereocenters. The zero-order valence-electron chi connectivity index (χ0n) is 12.5. The first-order chi connectivity index (χ1) is 9.15. The Kier molecular flexibility index (Phi) is 5.29. The van der Waals surface area contributed by atoms with E-state index in [0.717, 1.165) is 29.8 Å². The Balaban J connectivity index is 2.68. The van der Waals surface area contributed by atoms with E-state index in [1.54, 1.807) is 0 Å². The van der Waals surface area contributed by atoms with Gasteiger partial charge >= 0.3 is 0 Å². The highest BCUT2D eigenvalue weighted by Crippen LogP contribution is 2.12. The molecule has 0 aliphatic rings. The predicted octanol–water partition coefficient (Wildman–Crippen LogP) is 0.0737. The third-order valence-corrected chi connectivity index (χ3v) is 3.84. The van der Waals surface area contributed by atoms with Crippen LogP contribution in [0.2, 0.25) is 0 Å². The van der Waals surface area contributed by atoms with Gasteiger partial charge in [0.05, 0.1) is 18.0 Å². The van der Waals surface area contributed by atoms with E-state index in [1.165, 1.54) is 6.92 Å². The van der Waals surface area contributed by atoms with Crippen LogP contribution in [0.15, 0.2) is 0 Å². The summed E-state index contributed by atoms with van der Waals surface area (Å²) in [6, 6.07) is -0.799. The number of hydrogen-bond donors (Lipinski definition) is 2. The quantitative estimate of drug-likeness (QED) is 0.778. The summed E-state index contributed by atoms with van der Waals surface area (Å²) < 4.78 is 26.2. The minimum atomic E-state index is -3.39. The summed E-state index contributed by atoms with van der Waals surface area (Å²) in [5.74, 6) is -0.363. The van der Waals surface area contributed by atoms with Gasteiger partial charge in [-0.25, -0.2) is 13.1 Å². The number of nitrogens with one attached hydrogen (secondary N) is 2. The molecule has 0 radical (unpaired) electrons. The van der Waals surface area contributed by atoms with E-state index in [0.29, 0.717) is 6.54 Å². The lowest BCUT2D eigenvalue weighted by Gasteiger charge is -2.12. The van der Waals surface area contributed by atoms with E-state index in [1.807, 2.05) is 25.5 Å². The zero-order valence-corrected chi connectivity index (χ0v) is 13.3. The molecule has 0 saturated heterocycles. The zero-order chi connectivity index (χ0) is 15.5. The molecule has 1 aromatic heterocycles. The van der Waals surface area contributed by atoms with Gasteiger partial charge in [-0.05, 0) is 27.7 Å². The van der Waals surface area contributed by atoms with Crippen molar-refractivity contribution in [3.63, 3.8) is 0 Å². The molecule has 0 aliphatic carbocycles. The fraction of sp³-hybridized carbons (Fsp3) is 0.667. The smallest absolute Gasteiger partial charge is 0.238 e. The summed E-state index contributed by atoms with van der Waals surface area (Å²) >= 11 is 0. The van der Waals surface area contributed by atoms with Crippen molar-refractivity contribution in [1.82, 2.24) is 19.8 Å². The first kappa shape index (κ1) is 16.6. The van der Waals surface area contributed by atoms with Gasteiger partial charge in [-0.1, -0.05) is 0 Å². The summed E-state index contributed by atoms with van der Waals surface area (Å²) in [6.45, 7) is 8.45. The summed E-state index contributed by atoms with van der Waals surface area (Å²) in [4.78, 5) is 11.8. The molecule has 0 fully saturated rings. The van der Waals surface area contributed by atoms with Crippen LogP contribution in [0.5, 0.6) is 0 Å². The topological polar surface area (TPSA) is 93.1 Å². The van der Waals surface area contributed by atoms with E-state index < -0.39 is 16.1 Å². The molecule has 0 aromatic carbocycles. The van der Waals surface area contributed by atoms with Crippen LogP contribution >= 0.6 is 0 Å². The van der Waals surface area contributed by atoms with Crippen LogP contribution in [0.3, 0.4) is 0 Å². The van der Waals surface area contributed by atoms with Gasteiger partial charge in [-0.3, -0.25) is 9.48 Å². The van der Waals surface area contributed by atoms with Crippen LogP contribution in [0.4, 0.5) is 0 Å². The Bertz CT molecular complexity index is 592. The van der Waals surface area contributed by atoms with Gasteiger partial charge in [0, 0.05) is 24.3 Å². The summed E-state index contributed by atoms with van der Waals surface area (Å²) in [7, 11) is -3.39.